The van der Waals surface area contributed by atoms with E-state index in [2.05, 4.69) is 6.07 Å². The van der Waals surface area contributed by atoms with Gasteiger partial charge in [-0.2, -0.15) is 5.26 Å². The highest BCUT2D eigenvalue weighted by atomic mass is 35.5. The van der Waals surface area contributed by atoms with Gasteiger partial charge in [-0.1, -0.05) is 29.8 Å². The smallest absolute Gasteiger partial charge is 0.227 e. The van der Waals surface area contributed by atoms with E-state index in [1.54, 1.807) is 35.2 Å². The fraction of sp³-hybridized carbons (Fsp3) is 0.300. The molecule has 0 unspecified atom stereocenters. The van der Waals surface area contributed by atoms with E-state index in [0.717, 1.165) is 11.1 Å². The second-order valence-corrected chi connectivity index (χ2v) is 9.06. The van der Waals surface area contributed by atoms with E-state index in [4.69, 9.17) is 11.6 Å². The van der Waals surface area contributed by atoms with Crippen LogP contribution in [0.5, 0.6) is 0 Å². The first kappa shape index (κ1) is 19.4. The van der Waals surface area contributed by atoms with Crippen LogP contribution in [-0.4, -0.2) is 32.0 Å². The summed E-state index contributed by atoms with van der Waals surface area (Å²) in [5.41, 5.74) is 2.54. The summed E-state index contributed by atoms with van der Waals surface area (Å²) < 4.78 is 24.1. The number of nitriles is 1. The van der Waals surface area contributed by atoms with Gasteiger partial charge in [-0.3, -0.25) is 4.79 Å². The van der Waals surface area contributed by atoms with Crippen molar-refractivity contribution in [3.8, 4) is 6.07 Å². The van der Waals surface area contributed by atoms with Gasteiger partial charge in [0.05, 0.1) is 29.0 Å². The molecule has 0 aromatic heterocycles. The van der Waals surface area contributed by atoms with Crippen LogP contribution in [0.15, 0.2) is 41.3 Å². The number of sulfone groups is 1. The van der Waals surface area contributed by atoms with E-state index < -0.39 is 9.84 Å². The van der Waals surface area contributed by atoms with Gasteiger partial charge in [-0.05, 0) is 48.2 Å². The first-order valence-corrected chi connectivity index (χ1v) is 10.8. The molecular weight excluding hydrogens is 384 g/mol. The Kier molecular flexibility index (Phi) is 5.27. The average molecular weight is 403 g/mol. The number of hydrogen-bond donors (Lipinski definition) is 0. The van der Waals surface area contributed by atoms with Crippen LogP contribution in [0.3, 0.4) is 0 Å². The number of rotatable bonds is 3. The maximum Gasteiger partial charge on any atom is 0.227 e. The highest BCUT2D eigenvalue weighted by Gasteiger charge is 2.31. The molecule has 140 valence electrons. The SMILES string of the molecule is C[C@H]1c2cccc(S(C)(=O)=O)c2CCN1C(=O)Cc1c(Cl)cccc1C#N. The zero-order valence-corrected chi connectivity index (χ0v) is 16.6. The Morgan fingerprint density at radius 1 is 1.30 bits per heavy atom. The topological polar surface area (TPSA) is 78.2 Å². The Hall–Kier alpha value is -2.36. The lowest BCUT2D eigenvalue weighted by molar-refractivity contribution is -0.133. The second kappa shape index (κ2) is 7.34. The zero-order valence-electron chi connectivity index (χ0n) is 15.1. The Morgan fingerprint density at radius 2 is 2.00 bits per heavy atom. The molecule has 0 bridgehead atoms. The summed E-state index contributed by atoms with van der Waals surface area (Å²) in [5.74, 6) is -0.137. The molecular formula is C20H19ClN2O3S. The van der Waals surface area contributed by atoms with Crippen LogP contribution in [0.1, 0.15) is 35.2 Å². The lowest BCUT2D eigenvalue weighted by Crippen LogP contribution is -2.40. The molecule has 27 heavy (non-hydrogen) atoms. The maximum atomic E-state index is 12.9. The van der Waals surface area contributed by atoms with E-state index in [9.17, 15) is 18.5 Å². The molecule has 0 saturated carbocycles. The molecule has 0 fully saturated rings. The minimum atomic E-state index is -3.33. The van der Waals surface area contributed by atoms with Crippen molar-refractivity contribution in [3.05, 3.63) is 63.7 Å². The van der Waals surface area contributed by atoms with E-state index in [1.165, 1.54) is 6.26 Å². The van der Waals surface area contributed by atoms with Crippen LogP contribution >= 0.6 is 11.6 Å². The van der Waals surface area contributed by atoms with Crippen molar-refractivity contribution in [1.82, 2.24) is 4.90 Å². The number of hydrogen-bond acceptors (Lipinski definition) is 4. The lowest BCUT2D eigenvalue weighted by atomic mass is 9.92. The molecule has 2 aromatic carbocycles. The van der Waals surface area contributed by atoms with E-state index in [0.29, 0.717) is 34.0 Å². The summed E-state index contributed by atoms with van der Waals surface area (Å²) in [6.45, 7) is 2.31. The molecule has 1 atom stereocenters. The Bertz CT molecular complexity index is 1060. The van der Waals surface area contributed by atoms with Crippen LogP contribution in [0.25, 0.3) is 0 Å². The Balaban J connectivity index is 1.91. The van der Waals surface area contributed by atoms with Crippen LogP contribution in [0.4, 0.5) is 0 Å². The number of fused-ring (bicyclic) bond motifs is 1. The monoisotopic (exact) mass is 402 g/mol. The fourth-order valence-electron chi connectivity index (χ4n) is 3.62. The highest BCUT2D eigenvalue weighted by molar-refractivity contribution is 7.90. The van der Waals surface area contributed by atoms with Gasteiger partial charge in [0, 0.05) is 17.8 Å². The standard InChI is InChI=1S/C20H19ClN2O3S/c1-13-15-6-4-8-19(27(2,25)26)16(15)9-10-23(13)20(24)11-17-14(12-22)5-3-7-18(17)21/h3-8,13H,9-11H2,1-2H3/t13-/m0/s1. The number of amides is 1. The van der Waals surface area contributed by atoms with Crippen LogP contribution in [0, 0.1) is 11.3 Å². The molecule has 7 heteroatoms. The van der Waals surface area contributed by atoms with Gasteiger partial charge in [0.15, 0.2) is 9.84 Å². The molecule has 1 heterocycles. The van der Waals surface area contributed by atoms with Crippen molar-refractivity contribution in [1.29, 1.82) is 5.26 Å². The fourth-order valence-corrected chi connectivity index (χ4v) is 4.85. The molecule has 1 aliphatic rings. The third-order valence-electron chi connectivity index (χ3n) is 4.98. The first-order chi connectivity index (χ1) is 12.7. The number of halogens is 1. The Morgan fingerprint density at radius 3 is 2.67 bits per heavy atom. The number of benzene rings is 2. The molecule has 1 amide bonds. The summed E-state index contributed by atoms with van der Waals surface area (Å²) in [5, 5.41) is 9.66. The van der Waals surface area contributed by atoms with Gasteiger partial charge in [-0.15, -0.1) is 0 Å². The van der Waals surface area contributed by atoms with E-state index in [1.807, 2.05) is 13.0 Å². The lowest BCUT2D eigenvalue weighted by Gasteiger charge is -2.36. The minimum absolute atomic E-state index is 0.0357. The molecule has 2 aromatic rings. The van der Waals surface area contributed by atoms with Crippen LogP contribution in [0.2, 0.25) is 5.02 Å². The predicted octanol–water partition coefficient (Wildman–Crippen LogP) is 3.30. The largest absolute Gasteiger partial charge is 0.335 e. The highest BCUT2D eigenvalue weighted by Crippen LogP contribution is 2.34. The van der Waals surface area contributed by atoms with Crippen molar-refractivity contribution in [2.24, 2.45) is 0 Å². The molecule has 3 rings (SSSR count). The van der Waals surface area contributed by atoms with Crippen molar-refractivity contribution < 1.29 is 13.2 Å². The molecule has 0 spiro atoms. The van der Waals surface area contributed by atoms with Crippen molar-refractivity contribution in [2.75, 3.05) is 12.8 Å². The summed E-state index contributed by atoms with van der Waals surface area (Å²) in [6, 6.07) is 12.0. The zero-order chi connectivity index (χ0) is 19.8. The van der Waals surface area contributed by atoms with E-state index >= 15 is 0 Å². The molecule has 0 radical (unpaired) electrons. The minimum Gasteiger partial charge on any atom is -0.335 e. The molecule has 0 N–H and O–H groups in total. The van der Waals surface area contributed by atoms with Gasteiger partial charge in [0.25, 0.3) is 0 Å². The van der Waals surface area contributed by atoms with Crippen molar-refractivity contribution >= 4 is 27.3 Å². The van der Waals surface area contributed by atoms with Crippen LogP contribution in [-0.2, 0) is 27.5 Å². The van der Waals surface area contributed by atoms with Gasteiger partial charge in [0.2, 0.25) is 5.91 Å². The molecule has 5 nitrogen and oxygen atoms in total. The maximum absolute atomic E-state index is 12.9. The normalized spacial score (nSPS) is 16.5. The average Bonchev–Trinajstić information content (AvgIpc) is 2.62. The number of carbonyl (C=O) groups is 1. The molecule has 1 aliphatic heterocycles. The third-order valence-corrected chi connectivity index (χ3v) is 6.51. The Labute approximate surface area is 164 Å². The summed E-state index contributed by atoms with van der Waals surface area (Å²) >= 11 is 6.19. The summed E-state index contributed by atoms with van der Waals surface area (Å²) in [7, 11) is -3.33. The summed E-state index contributed by atoms with van der Waals surface area (Å²) in [6.07, 6.45) is 1.71. The van der Waals surface area contributed by atoms with Gasteiger partial charge in [0.1, 0.15) is 0 Å². The number of nitrogens with zero attached hydrogens (tertiary/aromatic N) is 2. The van der Waals surface area contributed by atoms with Crippen molar-refractivity contribution in [3.63, 3.8) is 0 Å². The second-order valence-electron chi connectivity index (χ2n) is 6.66. The van der Waals surface area contributed by atoms with Crippen molar-refractivity contribution in [2.45, 2.75) is 30.7 Å². The predicted molar refractivity (Wildman–Crippen MR) is 103 cm³/mol. The third kappa shape index (κ3) is 3.71. The summed E-state index contributed by atoms with van der Waals surface area (Å²) in [4.78, 5) is 15.0. The van der Waals surface area contributed by atoms with Gasteiger partial charge < -0.3 is 4.90 Å². The first-order valence-electron chi connectivity index (χ1n) is 8.53. The van der Waals surface area contributed by atoms with Gasteiger partial charge >= 0.3 is 0 Å². The molecule has 0 saturated heterocycles. The quantitative estimate of drug-likeness (QED) is 0.789. The van der Waals surface area contributed by atoms with Crippen LogP contribution < -0.4 is 0 Å². The molecule has 0 aliphatic carbocycles. The van der Waals surface area contributed by atoms with E-state index in [-0.39, 0.29) is 18.4 Å². The number of carbonyl (C=O) groups excluding carboxylic acids is 1. The van der Waals surface area contributed by atoms with Gasteiger partial charge in [-0.25, -0.2) is 8.42 Å².